The van der Waals surface area contributed by atoms with Gasteiger partial charge in [0.25, 0.3) is 0 Å². The minimum Gasteiger partial charge on any atom is -0.495 e. The molecule has 0 saturated heterocycles. The number of thiazole rings is 1. The van der Waals surface area contributed by atoms with Gasteiger partial charge in [-0.1, -0.05) is 25.4 Å². The van der Waals surface area contributed by atoms with Crippen LogP contribution in [-0.2, 0) is 0 Å². The second kappa shape index (κ2) is 5.62. The number of pyridine rings is 1. The molecule has 0 unspecified atom stereocenters. The first-order valence-corrected chi connectivity index (χ1v) is 7.86. The van der Waals surface area contributed by atoms with Crippen LogP contribution in [0.1, 0.15) is 24.8 Å². The van der Waals surface area contributed by atoms with E-state index in [9.17, 15) is 0 Å². The highest BCUT2D eigenvalue weighted by Crippen LogP contribution is 2.31. The van der Waals surface area contributed by atoms with E-state index in [1.54, 1.807) is 24.5 Å². The van der Waals surface area contributed by atoms with Crippen LogP contribution in [0.3, 0.4) is 0 Å². The lowest BCUT2D eigenvalue weighted by Gasteiger charge is -2.05. The van der Waals surface area contributed by atoms with Gasteiger partial charge in [-0.3, -0.25) is 0 Å². The van der Waals surface area contributed by atoms with E-state index in [-0.39, 0.29) is 0 Å². The largest absolute Gasteiger partial charge is 0.495 e. The predicted molar refractivity (Wildman–Crippen MR) is 87.3 cm³/mol. The van der Waals surface area contributed by atoms with E-state index in [0.29, 0.717) is 16.7 Å². The van der Waals surface area contributed by atoms with Gasteiger partial charge in [-0.05, 0) is 24.3 Å². The molecular weight excluding hydrogens is 304 g/mol. The summed E-state index contributed by atoms with van der Waals surface area (Å²) in [6.07, 6.45) is 0. The van der Waals surface area contributed by atoms with Gasteiger partial charge in [-0.2, -0.15) is 0 Å². The zero-order chi connectivity index (χ0) is 15.0. The molecule has 0 fully saturated rings. The lowest BCUT2D eigenvalue weighted by Crippen LogP contribution is -1.90. The third-order valence-electron chi connectivity index (χ3n) is 3.15. The van der Waals surface area contributed by atoms with Crippen molar-refractivity contribution in [3.05, 3.63) is 39.7 Å². The normalized spacial score (nSPS) is 11.3. The molecule has 1 radical (unpaired) electrons. The van der Waals surface area contributed by atoms with Gasteiger partial charge < -0.3 is 4.74 Å². The van der Waals surface area contributed by atoms with Gasteiger partial charge in [0, 0.05) is 16.7 Å². The topological polar surface area (TPSA) is 35.0 Å². The Morgan fingerprint density at radius 3 is 2.71 bits per heavy atom. The Morgan fingerprint density at radius 2 is 2.05 bits per heavy atom. The van der Waals surface area contributed by atoms with Gasteiger partial charge >= 0.3 is 0 Å². The summed E-state index contributed by atoms with van der Waals surface area (Å²) < 4.78 is 5.21. The fourth-order valence-corrected chi connectivity index (χ4v) is 3.08. The van der Waals surface area contributed by atoms with Crippen molar-refractivity contribution in [3.63, 3.8) is 0 Å². The molecule has 2 aromatic heterocycles. The summed E-state index contributed by atoms with van der Waals surface area (Å²) in [6, 6.07) is 8.72. The highest BCUT2D eigenvalue weighted by Gasteiger charge is 2.10. The molecule has 0 bridgehead atoms. The number of methoxy groups -OCH3 is 1. The van der Waals surface area contributed by atoms with Crippen molar-refractivity contribution in [2.75, 3.05) is 7.11 Å². The molecule has 0 spiro atoms. The molecule has 3 rings (SSSR count). The molecule has 3 aromatic rings. The highest BCUT2D eigenvalue weighted by atomic mass is 35.5. The molecule has 107 valence electrons. The Kier molecular flexibility index (Phi) is 3.83. The number of halogens is 1. The average molecular weight is 318 g/mol. The molecule has 21 heavy (non-hydrogen) atoms. The van der Waals surface area contributed by atoms with Crippen LogP contribution in [0.15, 0.2) is 23.6 Å². The van der Waals surface area contributed by atoms with Crippen molar-refractivity contribution >= 4 is 33.8 Å². The monoisotopic (exact) mass is 317 g/mol. The molecule has 0 amide bonds. The maximum Gasteiger partial charge on any atom is 0.138 e. The van der Waals surface area contributed by atoms with E-state index in [1.807, 2.05) is 17.5 Å². The number of hydrogen-bond acceptors (Lipinski definition) is 4. The summed E-state index contributed by atoms with van der Waals surface area (Å²) in [5, 5.41) is 4.56. The maximum atomic E-state index is 6.15. The molecule has 0 aliphatic heterocycles. The van der Waals surface area contributed by atoms with Crippen molar-refractivity contribution in [2.45, 2.75) is 19.8 Å². The number of ether oxygens (including phenoxy) is 1. The highest BCUT2D eigenvalue weighted by molar-refractivity contribution is 7.10. The second-order valence-electron chi connectivity index (χ2n) is 5.02. The first-order chi connectivity index (χ1) is 10.1. The fraction of sp³-hybridized carbons (Fsp3) is 0.250. The van der Waals surface area contributed by atoms with Crippen molar-refractivity contribution in [1.29, 1.82) is 0 Å². The van der Waals surface area contributed by atoms with E-state index in [2.05, 4.69) is 29.9 Å². The van der Waals surface area contributed by atoms with Gasteiger partial charge in [-0.25, -0.2) is 9.97 Å². The van der Waals surface area contributed by atoms with Crippen LogP contribution in [0.5, 0.6) is 5.75 Å². The van der Waals surface area contributed by atoms with Crippen LogP contribution in [0.2, 0.25) is 5.02 Å². The smallest absolute Gasteiger partial charge is 0.138 e. The SMILES string of the molecule is COc1cc2[c]cc(-c3csc(C(C)C)n3)nc2cc1Cl. The number of fused-ring (bicyclic) bond motifs is 1. The minimum absolute atomic E-state index is 0.423. The van der Waals surface area contributed by atoms with Crippen molar-refractivity contribution in [1.82, 2.24) is 9.97 Å². The third kappa shape index (κ3) is 2.74. The second-order valence-corrected chi connectivity index (χ2v) is 6.31. The number of rotatable bonds is 3. The summed E-state index contributed by atoms with van der Waals surface area (Å²) in [5.74, 6) is 1.05. The van der Waals surface area contributed by atoms with Crippen LogP contribution in [0.4, 0.5) is 0 Å². The van der Waals surface area contributed by atoms with Crippen LogP contribution >= 0.6 is 22.9 Å². The molecule has 3 nitrogen and oxygen atoms in total. The van der Waals surface area contributed by atoms with Gasteiger partial charge in [-0.15, -0.1) is 11.3 Å². The molecule has 0 N–H and O–H groups in total. The standard InChI is InChI=1S/C16H14ClN2OS/c1-9(2)16-19-14(8-21-16)12-5-4-10-6-15(20-3)11(17)7-13(10)18-12/h5-9H,1-3H3. The number of nitrogens with zero attached hydrogens (tertiary/aromatic N) is 2. The molecule has 5 heteroatoms. The molecule has 1 aromatic carbocycles. The Hall–Kier alpha value is -1.65. The summed E-state index contributed by atoms with van der Waals surface area (Å²) in [7, 11) is 1.59. The number of benzene rings is 1. The third-order valence-corrected chi connectivity index (χ3v) is 4.59. The van der Waals surface area contributed by atoms with E-state index in [0.717, 1.165) is 27.3 Å². The summed E-state index contributed by atoms with van der Waals surface area (Å²) >= 11 is 7.81. The number of aromatic nitrogens is 2. The summed E-state index contributed by atoms with van der Waals surface area (Å²) in [6.45, 7) is 4.27. The lowest BCUT2D eigenvalue weighted by molar-refractivity contribution is 0.415. The zero-order valence-corrected chi connectivity index (χ0v) is 13.5. The molecular formula is C16H14ClN2OS. The molecule has 0 aliphatic rings. The Bertz CT molecular complexity index is 798. The van der Waals surface area contributed by atoms with Crippen molar-refractivity contribution in [3.8, 4) is 17.1 Å². The first-order valence-electron chi connectivity index (χ1n) is 6.60. The van der Waals surface area contributed by atoms with Crippen LogP contribution in [0, 0.1) is 6.07 Å². The molecule has 0 saturated carbocycles. The zero-order valence-electron chi connectivity index (χ0n) is 12.0. The maximum absolute atomic E-state index is 6.15. The van der Waals surface area contributed by atoms with Crippen molar-refractivity contribution in [2.24, 2.45) is 0 Å². The van der Waals surface area contributed by atoms with E-state index < -0.39 is 0 Å². The Balaban J connectivity index is 2.07. The average Bonchev–Trinajstić information content (AvgIpc) is 2.96. The first kappa shape index (κ1) is 14.3. The quantitative estimate of drug-likeness (QED) is 0.686. The molecule has 0 aliphatic carbocycles. The van der Waals surface area contributed by atoms with Crippen molar-refractivity contribution < 1.29 is 4.74 Å². The van der Waals surface area contributed by atoms with Crippen LogP contribution in [0.25, 0.3) is 22.3 Å². The lowest BCUT2D eigenvalue weighted by atomic mass is 10.1. The van der Waals surface area contributed by atoms with Gasteiger partial charge in [0.15, 0.2) is 0 Å². The summed E-state index contributed by atoms with van der Waals surface area (Å²) in [4.78, 5) is 9.25. The van der Waals surface area contributed by atoms with E-state index in [4.69, 9.17) is 16.3 Å². The van der Waals surface area contributed by atoms with Gasteiger partial charge in [0.2, 0.25) is 0 Å². The number of hydrogen-bond donors (Lipinski definition) is 0. The van der Waals surface area contributed by atoms with Gasteiger partial charge in [0.05, 0.1) is 34.0 Å². The van der Waals surface area contributed by atoms with Crippen LogP contribution in [-0.4, -0.2) is 17.1 Å². The van der Waals surface area contributed by atoms with Crippen LogP contribution < -0.4 is 4.74 Å². The van der Waals surface area contributed by atoms with E-state index >= 15 is 0 Å². The van der Waals surface area contributed by atoms with E-state index in [1.165, 1.54) is 0 Å². The Morgan fingerprint density at radius 1 is 1.24 bits per heavy atom. The molecule has 2 heterocycles. The summed E-state index contributed by atoms with van der Waals surface area (Å²) in [5.41, 5.74) is 2.48. The predicted octanol–water partition coefficient (Wildman–Crippen LogP) is 4.94. The fourth-order valence-electron chi connectivity index (χ4n) is 2.02. The minimum atomic E-state index is 0.423. The molecule has 0 atom stereocenters. The Labute approximate surface area is 132 Å². The van der Waals surface area contributed by atoms with Gasteiger partial charge in [0.1, 0.15) is 5.75 Å².